The fourth-order valence-electron chi connectivity index (χ4n) is 1.39. The van der Waals surface area contributed by atoms with Gasteiger partial charge >= 0.3 is 0 Å². The molecule has 4 heteroatoms. The molecule has 86 valence electrons. The van der Waals surface area contributed by atoms with Gasteiger partial charge in [0.1, 0.15) is 0 Å². The minimum absolute atomic E-state index is 0.455. The van der Waals surface area contributed by atoms with Crippen molar-refractivity contribution in [1.82, 2.24) is 15.1 Å². The maximum Gasteiger partial charge on any atom is 0.0632 e. The molecule has 1 atom stereocenters. The standard InChI is InChI=1S/C11H20BrN3/c1-9(2)6-13-5-4-10(3)15-8-11(12)7-14-15/h7-10,13H,4-6H2,1-3H3. The van der Waals surface area contributed by atoms with Gasteiger partial charge in [-0.1, -0.05) is 13.8 Å². The van der Waals surface area contributed by atoms with Crippen molar-refractivity contribution in [3.63, 3.8) is 0 Å². The van der Waals surface area contributed by atoms with Crippen LogP contribution in [0, 0.1) is 5.92 Å². The molecule has 0 saturated heterocycles. The summed E-state index contributed by atoms with van der Waals surface area (Å²) in [5, 5.41) is 7.71. The van der Waals surface area contributed by atoms with E-state index in [1.165, 1.54) is 0 Å². The van der Waals surface area contributed by atoms with Gasteiger partial charge in [-0.05, 0) is 48.3 Å². The van der Waals surface area contributed by atoms with Crippen molar-refractivity contribution < 1.29 is 0 Å². The lowest BCUT2D eigenvalue weighted by atomic mass is 10.2. The molecule has 0 amide bonds. The summed E-state index contributed by atoms with van der Waals surface area (Å²) in [5.41, 5.74) is 0. The quantitative estimate of drug-likeness (QED) is 0.808. The van der Waals surface area contributed by atoms with Crippen molar-refractivity contribution in [2.45, 2.75) is 33.2 Å². The highest BCUT2D eigenvalue weighted by molar-refractivity contribution is 9.10. The maximum absolute atomic E-state index is 4.27. The third-order valence-corrected chi connectivity index (χ3v) is 2.72. The highest BCUT2D eigenvalue weighted by Crippen LogP contribution is 2.13. The lowest BCUT2D eigenvalue weighted by molar-refractivity contribution is 0.433. The van der Waals surface area contributed by atoms with E-state index >= 15 is 0 Å². The van der Waals surface area contributed by atoms with Gasteiger partial charge in [-0.2, -0.15) is 5.10 Å². The van der Waals surface area contributed by atoms with Crippen LogP contribution in [-0.2, 0) is 0 Å². The zero-order chi connectivity index (χ0) is 11.3. The molecule has 0 bridgehead atoms. The molecule has 1 aromatic rings. The molecule has 3 nitrogen and oxygen atoms in total. The molecule has 0 saturated carbocycles. The van der Waals surface area contributed by atoms with Crippen LogP contribution >= 0.6 is 15.9 Å². The van der Waals surface area contributed by atoms with Crippen molar-refractivity contribution in [1.29, 1.82) is 0 Å². The van der Waals surface area contributed by atoms with Gasteiger partial charge in [0, 0.05) is 6.20 Å². The van der Waals surface area contributed by atoms with Crippen LogP contribution < -0.4 is 5.32 Å². The largest absolute Gasteiger partial charge is 0.316 e. The second-order valence-electron chi connectivity index (χ2n) is 4.37. The van der Waals surface area contributed by atoms with E-state index in [1.807, 2.05) is 17.1 Å². The Morgan fingerprint density at radius 3 is 2.73 bits per heavy atom. The molecule has 1 unspecified atom stereocenters. The van der Waals surface area contributed by atoms with Gasteiger partial charge in [0.25, 0.3) is 0 Å². The molecule has 1 heterocycles. The Labute approximate surface area is 100 Å². The highest BCUT2D eigenvalue weighted by Gasteiger charge is 2.05. The van der Waals surface area contributed by atoms with Crippen LogP contribution in [0.3, 0.4) is 0 Å². The zero-order valence-corrected chi connectivity index (χ0v) is 11.3. The van der Waals surface area contributed by atoms with E-state index in [1.54, 1.807) is 0 Å². The first-order valence-corrected chi connectivity index (χ1v) is 6.29. The molecule has 1 aromatic heterocycles. The Morgan fingerprint density at radius 1 is 1.47 bits per heavy atom. The van der Waals surface area contributed by atoms with Crippen LogP contribution in [0.4, 0.5) is 0 Å². The van der Waals surface area contributed by atoms with E-state index < -0.39 is 0 Å². The Morgan fingerprint density at radius 2 is 2.20 bits per heavy atom. The van der Waals surface area contributed by atoms with E-state index in [9.17, 15) is 0 Å². The van der Waals surface area contributed by atoms with Crippen LogP contribution in [0.15, 0.2) is 16.9 Å². The van der Waals surface area contributed by atoms with E-state index in [0.717, 1.165) is 29.9 Å². The predicted molar refractivity (Wildman–Crippen MR) is 67.0 cm³/mol. The average molecular weight is 274 g/mol. The SMILES string of the molecule is CC(C)CNCCC(C)n1cc(Br)cn1. The summed E-state index contributed by atoms with van der Waals surface area (Å²) < 4.78 is 3.05. The number of hydrogen-bond acceptors (Lipinski definition) is 2. The van der Waals surface area contributed by atoms with Crippen molar-refractivity contribution >= 4 is 15.9 Å². The van der Waals surface area contributed by atoms with Gasteiger partial charge in [0.15, 0.2) is 0 Å². The lowest BCUT2D eigenvalue weighted by Gasteiger charge is -2.13. The van der Waals surface area contributed by atoms with Gasteiger partial charge in [0.05, 0.1) is 16.7 Å². The summed E-state index contributed by atoms with van der Waals surface area (Å²) in [4.78, 5) is 0. The van der Waals surface area contributed by atoms with Gasteiger partial charge in [-0.3, -0.25) is 4.68 Å². The van der Waals surface area contributed by atoms with E-state index in [2.05, 4.69) is 47.1 Å². The minimum atomic E-state index is 0.455. The van der Waals surface area contributed by atoms with Gasteiger partial charge in [-0.15, -0.1) is 0 Å². The topological polar surface area (TPSA) is 29.9 Å². The molecule has 0 radical (unpaired) electrons. The normalized spacial score (nSPS) is 13.4. The molecule has 0 aliphatic carbocycles. The van der Waals surface area contributed by atoms with Crippen LogP contribution in [-0.4, -0.2) is 22.9 Å². The van der Waals surface area contributed by atoms with Crippen LogP contribution in [0.1, 0.15) is 33.2 Å². The fourth-order valence-corrected chi connectivity index (χ4v) is 1.69. The molecule has 0 aliphatic heterocycles. The third-order valence-electron chi connectivity index (χ3n) is 2.31. The predicted octanol–water partition coefficient (Wildman–Crippen LogP) is 2.84. The molecule has 0 aliphatic rings. The Bertz CT molecular complexity index is 283. The van der Waals surface area contributed by atoms with Gasteiger partial charge in [-0.25, -0.2) is 0 Å². The first-order valence-electron chi connectivity index (χ1n) is 5.50. The number of nitrogens with one attached hydrogen (secondary N) is 1. The number of nitrogens with zero attached hydrogens (tertiary/aromatic N) is 2. The summed E-state index contributed by atoms with van der Waals surface area (Å²) in [6, 6.07) is 0.455. The van der Waals surface area contributed by atoms with E-state index in [0.29, 0.717) is 6.04 Å². The Balaban J connectivity index is 2.21. The molecule has 0 spiro atoms. The minimum Gasteiger partial charge on any atom is -0.316 e. The summed E-state index contributed by atoms with van der Waals surface area (Å²) in [5.74, 6) is 0.721. The zero-order valence-electron chi connectivity index (χ0n) is 9.70. The smallest absolute Gasteiger partial charge is 0.0632 e. The highest BCUT2D eigenvalue weighted by atomic mass is 79.9. The number of rotatable bonds is 6. The van der Waals surface area contributed by atoms with Crippen molar-refractivity contribution in [2.75, 3.05) is 13.1 Å². The third kappa shape index (κ3) is 4.80. The van der Waals surface area contributed by atoms with Crippen molar-refractivity contribution in [2.24, 2.45) is 5.92 Å². The number of aromatic nitrogens is 2. The lowest BCUT2D eigenvalue weighted by Crippen LogP contribution is -2.23. The summed E-state index contributed by atoms with van der Waals surface area (Å²) in [6.45, 7) is 8.78. The molecule has 1 rings (SSSR count). The Hall–Kier alpha value is -0.350. The van der Waals surface area contributed by atoms with Crippen LogP contribution in [0.2, 0.25) is 0 Å². The first kappa shape index (κ1) is 12.7. The molecular formula is C11H20BrN3. The molecular weight excluding hydrogens is 254 g/mol. The molecule has 15 heavy (non-hydrogen) atoms. The molecule has 0 aromatic carbocycles. The van der Waals surface area contributed by atoms with E-state index in [4.69, 9.17) is 0 Å². The maximum atomic E-state index is 4.27. The number of halogens is 1. The second-order valence-corrected chi connectivity index (χ2v) is 5.29. The molecule has 1 N–H and O–H groups in total. The first-order chi connectivity index (χ1) is 7.09. The summed E-state index contributed by atoms with van der Waals surface area (Å²) in [7, 11) is 0. The second kappa shape index (κ2) is 6.28. The van der Waals surface area contributed by atoms with Gasteiger partial charge < -0.3 is 5.32 Å². The number of hydrogen-bond donors (Lipinski definition) is 1. The fraction of sp³-hybridized carbons (Fsp3) is 0.727. The van der Waals surface area contributed by atoms with Crippen LogP contribution in [0.5, 0.6) is 0 Å². The average Bonchev–Trinajstić information content (AvgIpc) is 2.59. The van der Waals surface area contributed by atoms with Crippen molar-refractivity contribution in [3.8, 4) is 0 Å². The molecule has 0 fully saturated rings. The summed E-state index contributed by atoms with van der Waals surface area (Å²) >= 11 is 3.40. The van der Waals surface area contributed by atoms with Crippen LogP contribution in [0.25, 0.3) is 0 Å². The summed E-state index contributed by atoms with van der Waals surface area (Å²) in [6.07, 6.45) is 4.96. The van der Waals surface area contributed by atoms with Crippen molar-refractivity contribution in [3.05, 3.63) is 16.9 Å². The Kier molecular flexibility index (Phi) is 5.32. The van der Waals surface area contributed by atoms with E-state index in [-0.39, 0.29) is 0 Å². The van der Waals surface area contributed by atoms with Gasteiger partial charge in [0.2, 0.25) is 0 Å². The monoisotopic (exact) mass is 273 g/mol.